The van der Waals surface area contributed by atoms with Crippen LogP contribution in [-0.2, 0) is 0 Å². The lowest BCUT2D eigenvalue weighted by Gasteiger charge is -2.21. The molecule has 0 aliphatic heterocycles. The molecule has 1 saturated carbocycles. The Hall–Kier alpha value is -1.32. The van der Waals surface area contributed by atoms with E-state index < -0.39 is 0 Å². The molecule has 21 heavy (non-hydrogen) atoms. The molecule has 0 amide bonds. The summed E-state index contributed by atoms with van der Waals surface area (Å²) in [5.41, 5.74) is 2.49. The standard InChI is InChI=1S/C18H20BrNO/c1-2-20-18(16-8-3-4-9-17(16)19)13-6-5-7-15(12-13)21-14-10-11-14/h3-9,12,14,18,20H,2,10-11H2,1H3. The Bertz CT molecular complexity index is 610. The van der Waals surface area contributed by atoms with Gasteiger partial charge in [-0.3, -0.25) is 0 Å². The highest BCUT2D eigenvalue weighted by atomic mass is 79.9. The van der Waals surface area contributed by atoms with Crippen molar-refractivity contribution in [3.05, 3.63) is 64.1 Å². The van der Waals surface area contributed by atoms with Gasteiger partial charge >= 0.3 is 0 Å². The number of ether oxygens (including phenoxy) is 1. The number of hydrogen-bond acceptors (Lipinski definition) is 2. The zero-order chi connectivity index (χ0) is 14.7. The zero-order valence-corrected chi connectivity index (χ0v) is 13.8. The summed E-state index contributed by atoms with van der Waals surface area (Å²) in [6.07, 6.45) is 2.80. The molecule has 1 N–H and O–H groups in total. The van der Waals surface area contributed by atoms with E-state index in [0.717, 1.165) is 16.8 Å². The van der Waals surface area contributed by atoms with Gasteiger partial charge in [0, 0.05) is 4.47 Å². The Morgan fingerprint density at radius 3 is 2.71 bits per heavy atom. The molecule has 0 bridgehead atoms. The maximum atomic E-state index is 5.92. The minimum Gasteiger partial charge on any atom is -0.490 e. The third kappa shape index (κ3) is 3.66. The maximum absolute atomic E-state index is 5.92. The van der Waals surface area contributed by atoms with Gasteiger partial charge in [0.2, 0.25) is 0 Å². The number of halogens is 1. The third-order valence-electron chi connectivity index (χ3n) is 3.64. The van der Waals surface area contributed by atoms with E-state index in [4.69, 9.17) is 4.74 Å². The molecule has 0 aromatic heterocycles. The van der Waals surface area contributed by atoms with Crippen LogP contribution in [0.15, 0.2) is 53.0 Å². The summed E-state index contributed by atoms with van der Waals surface area (Å²) in [4.78, 5) is 0. The van der Waals surface area contributed by atoms with Crippen LogP contribution in [0.4, 0.5) is 0 Å². The number of rotatable bonds is 6. The van der Waals surface area contributed by atoms with E-state index in [1.165, 1.54) is 24.0 Å². The summed E-state index contributed by atoms with van der Waals surface area (Å²) >= 11 is 3.66. The Balaban J connectivity index is 1.91. The first-order valence-electron chi connectivity index (χ1n) is 7.52. The Labute approximate surface area is 134 Å². The highest BCUT2D eigenvalue weighted by molar-refractivity contribution is 9.10. The van der Waals surface area contributed by atoms with Crippen LogP contribution in [0.2, 0.25) is 0 Å². The van der Waals surface area contributed by atoms with Crippen molar-refractivity contribution in [1.82, 2.24) is 5.32 Å². The smallest absolute Gasteiger partial charge is 0.120 e. The van der Waals surface area contributed by atoms with E-state index in [1.807, 2.05) is 12.1 Å². The molecule has 3 heteroatoms. The van der Waals surface area contributed by atoms with E-state index in [9.17, 15) is 0 Å². The van der Waals surface area contributed by atoms with Crippen molar-refractivity contribution in [2.45, 2.75) is 31.9 Å². The van der Waals surface area contributed by atoms with Crippen molar-refractivity contribution in [1.29, 1.82) is 0 Å². The van der Waals surface area contributed by atoms with Gasteiger partial charge in [0.05, 0.1) is 12.1 Å². The van der Waals surface area contributed by atoms with Gasteiger partial charge in [0.1, 0.15) is 5.75 Å². The summed E-state index contributed by atoms with van der Waals surface area (Å²) in [5, 5.41) is 3.57. The highest BCUT2D eigenvalue weighted by Gasteiger charge is 2.24. The summed E-state index contributed by atoms with van der Waals surface area (Å²) < 4.78 is 7.05. The predicted molar refractivity (Wildman–Crippen MR) is 89.8 cm³/mol. The van der Waals surface area contributed by atoms with E-state index in [1.54, 1.807) is 0 Å². The summed E-state index contributed by atoms with van der Waals surface area (Å²) in [7, 11) is 0. The fraction of sp³-hybridized carbons (Fsp3) is 0.333. The first-order chi connectivity index (χ1) is 10.3. The molecule has 0 heterocycles. The first-order valence-corrected chi connectivity index (χ1v) is 8.31. The molecule has 0 spiro atoms. The molecule has 1 unspecified atom stereocenters. The fourth-order valence-corrected chi connectivity index (χ4v) is 2.98. The Morgan fingerprint density at radius 1 is 1.19 bits per heavy atom. The zero-order valence-electron chi connectivity index (χ0n) is 12.2. The van der Waals surface area contributed by atoms with E-state index >= 15 is 0 Å². The number of hydrogen-bond donors (Lipinski definition) is 1. The lowest BCUT2D eigenvalue weighted by molar-refractivity contribution is 0.302. The van der Waals surface area contributed by atoms with Crippen LogP contribution in [0.3, 0.4) is 0 Å². The lowest BCUT2D eigenvalue weighted by atomic mass is 9.98. The summed E-state index contributed by atoms with van der Waals surface area (Å²) in [6, 6.07) is 17.0. The predicted octanol–water partition coefficient (Wildman–Crippen LogP) is 4.69. The fourth-order valence-electron chi connectivity index (χ4n) is 2.47. The molecule has 0 radical (unpaired) electrons. The Morgan fingerprint density at radius 2 is 2.00 bits per heavy atom. The van der Waals surface area contributed by atoms with Gasteiger partial charge in [-0.25, -0.2) is 0 Å². The largest absolute Gasteiger partial charge is 0.490 e. The molecule has 3 rings (SSSR count). The van der Waals surface area contributed by atoms with Crippen LogP contribution in [0.25, 0.3) is 0 Å². The van der Waals surface area contributed by atoms with E-state index in [-0.39, 0.29) is 6.04 Å². The minimum atomic E-state index is 0.174. The van der Waals surface area contributed by atoms with Crippen LogP contribution in [0.1, 0.15) is 36.9 Å². The van der Waals surface area contributed by atoms with Crippen molar-refractivity contribution in [2.75, 3.05) is 6.54 Å². The molecule has 0 saturated heterocycles. The van der Waals surface area contributed by atoms with E-state index in [0.29, 0.717) is 6.10 Å². The summed E-state index contributed by atoms with van der Waals surface area (Å²) in [5.74, 6) is 0.977. The van der Waals surface area contributed by atoms with Gasteiger partial charge < -0.3 is 10.1 Å². The van der Waals surface area contributed by atoms with Crippen LogP contribution in [0, 0.1) is 0 Å². The molecule has 1 atom stereocenters. The number of nitrogens with one attached hydrogen (secondary N) is 1. The summed E-state index contributed by atoms with van der Waals surface area (Å²) in [6.45, 7) is 3.05. The molecule has 2 aromatic carbocycles. The molecule has 110 valence electrons. The molecule has 2 nitrogen and oxygen atoms in total. The number of benzene rings is 2. The molecule has 2 aromatic rings. The average Bonchev–Trinajstić information content (AvgIpc) is 3.30. The average molecular weight is 346 g/mol. The van der Waals surface area contributed by atoms with Crippen molar-refractivity contribution < 1.29 is 4.74 Å². The van der Waals surface area contributed by atoms with Crippen LogP contribution >= 0.6 is 15.9 Å². The van der Waals surface area contributed by atoms with Crippen molar-refractivity contribution >= 4 is 15.9 Å². The van der Waals surface area contributed by atoms with Crippen molar-refractivity contribution in [3.63, 3.8) is 0 Å². The molecular formula is C18H20BrNO. The normalized spacial score (nSPS) is 15.7. The van der Waals surface area contributed by atoms with Crippen molar-refractivity contribution in [3.8, 4) is 5.75 Å². The second kappa shape index (κ2) is 6.63. The second-order valence-corrected chi connectivity index (χ2v) is 6.26. The minimum absolute atomic E-state index is 0.174. The Kier molecular flexibility index (Phi) is 4.61. The highest BCUT2D eigenvalue weighted by Crippen LogP contribution is 2.32. The topological polar surface area (TPSA) is 21.3 Å². The van der Waals surface area contributed by atoms with Gasteiger partial charge in [-0.1, -0.05) is 53.2 Å². The van der Waals surface area contributed by atoms with Crippen LogP contribution in [0.5, 0.6) is 5.75 Å². The molecule has 1 aliphatic carbocycles. The monoisotopic (exact) mass is 345 g/mol. The van der Waals surface area contributed by atoms with Gasteiger partial charge in [-0.2, -0.15) is 0 Å². The second-order valence-electron chi connectivity index (χ2n) is 5.40. The lowest BCUT2D eigenvalue weighted by Crippen LogP contribution is -2.22. The molecule has 1 aliphatic rings. The van der Waals surface area contributed by atoms with E-state index in [2.05, 4.69) is 64.6 Å². The van der Waals surface area contributed by atoms with Crippen LogP contribution in [-0.4, -0.2) is 12.6 Å². The third-order valence-corrected chi connectivity index (χ3v) is 4.37. The van der Waals surface area contributed by atoms with Crippen LogP contribution < -0.4 is 10.1 Å². The SMILES string of the molecule is CCNC(c1cccc(OC2CC2)c1)c1ccccc1Br. The van der Waals surface area contributed by atoms with Gasteiger partial charge in [-0.15, -0.1) is 0 Å². The quantitative estimate of drug-likeness (QED) is 0.819. The first kappa shape index (κ1) is 14.6. The van der Waals surface area contributed by atoms with Crippen molar-refractivity contribution in [2.24, 2.45) is 0 Å². The van der Waals surface area contributed by atoms with Gasteiger partial charge in [-0.05, 0) is 48.7 Å². The van der Waals surface area contributed by atoms with Gasteiger partial charge in [0.25, 0.3) is 0 Å². The molecular weight excluding hydrogens is 326 g/mol. The maximum Gasteiger partial charge on any atom is 0.120 e. The molecule has 1 fully saturated rings. The van der Waals surface area contributed by atoms with Gasteiger partial charge in [0.15, 0.2) is 0 Å².